The van der Waals surface area contributed by atoms with E-state index >= 15 is 0 Å². The Morgan fingerprint density at radius 2 is 1.37 bits per heavy atom. The molecule has 1 heterocycles. The molecule has 1 aliphatic carbocycles. The molecule has 9 heteroatoms. The van der Waals surface area contributed by atoms with Crippen LogP contribution in [0.3, 0.4) is 0 Å². The van der Waals surface area contributed by atoms with E-state index < -0.39 is 38.8 Å². The first-order chi connectivity index (χ1) is 28.4. The summed E-state index contributed by atoms with van der Waals surface area (Å²) >= 11 is 0. The van der Waals surface area contributed by atoms with Gasteiger partial charge in [-0.25, -0.2) is 0 Å². The average Bonchev–Trinajstić information content (AvgIpc) is 3.49. The number of amides is 2. The summed E-state index contributed by atoms with van der Waals surface area (Å²) in [5.74, 6) is -2.92. The Morgan fingerprint density at radius 3 is 1.95 bits per heavy atom. The van der Waals surface area contributed by atoms with E-state index in [0.717, 1.165) is 32.9 Å². The SMILES string of the molecule is C/C(=C\c1ccccc1O)CC[C@@H](O)C1=C(CO[Si](c2ccccc2)(c2ccccc2)C(C)(C)C)C[C@H]2C(=O)N(c3ccc(Nc4ccccc4)cc3)C(=O)[C@H]2[C@H]1CO. The highest BCUT2D eigenvalue weighted by molar-refractivity contribution is 6.99. The maximum atomic E-state index is 14.5. The maximum Gasteiger partial charge on any atom is 0.261 e. The third kappa shape index (κ3) is 8.47. The van der Waals surface area contributed by atoms with Crippen LogP contribution in [0.2, 0.25) is 5.04 Å². The second-order valence-corrected chi connectivity index (χ2v) is 21.1. The molecule has 0 bridgehead atoms. The van der Waals surface area contributed by atoms with Crippen molar-refractivity contribution in [1.82, 2.24) is 0 Å². The number of fused-ring (bicyclic) bond motifs is 1. The van der Waals surface area contributed by atoms with Gasteiger partial charge in [0.1, 0.15) is 5.75 Å². The van der Waals surface area contributed by atoms with Crippen LogP contribution in [0.4, 0.5) is 17.1 Å². The van der Waals surface area contributed by atoms with E-state index in [1.54, 1.807) is 24.3 Å². The smallest absolute Gasteiger partial charge is 0.261 e. The van der Waals surface area contributed by atoms with Crippen LogP contribution in [0.25, 0.3) is 6.08 Å². The van der Waals surface area contributed by atoms with E-state index in [1.807, 2.05) is 104 Å². The van der Waals surface area contributed by atoms with Gasteiger partial charge in [-0.05, 0) is 95.2 Å². The zero-order chi connectivity index (χ0) is 41.7. The number of aromatic hydroxyl groups is 1. The molecule has 4 N–H and O–H groups in total. The molecule has 5 aromatic rings. The summed E-state index contributed by atoms with van der Waals surface area (Å²) < 4.78 is 7.41. The lowest BCUT2D eigenvalue weighted by Crippen LogP contribution is -2.66. The first-order valence-electron chi connectivity index (χ1n) is 20.4. The van der Waals surface area contributed by atoms with Crippen molar-refractivity contribution in [2.24, 2.45) is 17.8 Å². The Labute approximate surface area is 348 Å². The largest absolute Gasteiger partial charge is 0.507 e. The summed E-state index contributed by atoms with van der Waals surface area (Å²) in [5, 5.41) is 39.1. The van der Waals surface area contributed by atoms with Gasteiger partial charge in [0.05, 0.1) is 36.8 Å². The predicted octanol–water partition coefficient (Wildman–Crippen LogP) is 8.37. The molecule has 0 saturated carbocycles. The molecule has 1 fully saturated rings. The van der Waals surface area contributed by atoms with Gasteiger partial charge < -0.3 is 25.1 Å². The van der Waals surface area contributed by atoms with Crippen LogP contribution in [0.15, 0.2) is 156 Å². The minimum Gasteiger partial charge on any atom is -0.507 e. The highest BCUT2D eigenvalue weighted by Gasteiger charge is 2.56. The van der Waals surface area contributed by atoms with Crippen LogP contribution in [0.1, 0.15) is 52.5 Å². The Morgan fingerprint density at radius 1 is 0.814 bits per heavy atom. The van der Waals surface area contributed by atoms with E-state index in [-0.39, 0.29) is 35.6 Å². The number of nitrogens with one attached hydrogen (secondary N) is 1. The number of allylic oxidation sites excluding steroid dienone is 1. The van der Waals surface area contributed by atoms with Gasteiger partial charge >= 0.3 is 0 Å². The van der Waals surface area contributed by atoms with E-state index in [1.165, 1.54) is 4.90 Å². The van der Waals surface area contributed by atoms with Crippen molar-refractivity contribution in [3.63, 3.8) is 0 Å². The lowest BCUT2D eigenvalue weighted by Gasteiger charge is -2.44. The molecule has 59 heavy (non-hydrogen) atoms. The van der Waals surface area contributed by atoms with E-state index in [9.17, 15) is 24.9 Å². The molecule has 0 aromatic heterocycles. The van der Waals surface area contributed by atoms with Gasteiger partial charge in [0.25, 0.3) is 8.32 Å². The lowest BCUT2D eigenvalue weighted by molar-refractivity contribution is -0.123. The van der Waals surface area contributed by atoms with Crippen molar-refractivity contribution in [3.05, 3.63) is 162 Å². The summed E-state index contributed by atoms with van der Waals surface area (Å²) in [6.07, 6.45) is 1.90. The minimum atomic E-state index is -3.06. The number of para-hydroxylation sites is 2. The van der Waals surface area contributed by atoms with E-state index in [2.05, 4.69) is 50.4 Å². The van der Waals surface area contributed by atoms with Crippen LogP contribution in [-0.2, 0) is 14.0 Å². The minimum absolute atomic E-state index is 0.118. The van der Waals surface area contributed by atoms with E-state index in [0.29, 0.717) is 29.7 Å². The summed E-state index contributed by atoms with van der Waals surface area (Å²) in [6.45, 7) is 8.26. The summed E-state index contributed by atoms with van der Waals surface area (Å²) in [7, 11) is -3.06. The number of phenols is 1. The van der Waals surface area contributed by atoms with Crippen molar-refractivity contribution < 1.29 is 29.3 Å². The monoisotopic (exact) mass is 806 g/mol. The normalized spacial score (nSPS) is 19.2. The second-order valence-electron chi connectivity index (χ2n) is 16.8. The van der Waals surface area contributed by atoms with Gasteiger partial charge in [0.2, 0.25) is 11.8 Å². The van der Waals surface area contributed by atoms with E-state index in [4.69, 9.17) is 4.43 Å². The highest BCUT2D eigenvalue weighted by Crippen LogP contribution is 2.48. The molecule has 7 rings (SSSR count). The third-order valence-corrected chi connectivity index (χ3v) is 16.9. The molecule has 2 amide bonds. The number of hydrogen-bond acceptors (Lipinski definition) is 7. The second kappa shape index (κ2) is 17.7. The van der Waals surface area contributed by atoms with Crippen molar-refractivity contribution >= 4 is 53.6 Å². The Hall–Kier alpha value is -5.58. The maximum absolute atomic E-state index is 14.5. The van der Waals surface area contributed by atoms with Gasteiger partial charge in [0.15, 0.2) is 0 Å². The summed E-state index contributed by atoms with van der Waals surface area (Å²) in [4.78, 5) is 30.3. The molecule has 1 aliphatic heterocycles. The van der Waals surface area contributed by atoms with Gasteiger partial charge in [-0.1, -0.05) is 129 Å². The number of phenolic OH excluding ortho intramolecular Hbond substituents is 1. The van der Waals surface area contributed by atoms with Crippen LogP contribution in [0, 0.1) is 17.8 Å². The molecule has 8 nitrogen and oxygen atoms in total. The van der Waals surface area contributed by atoms with Crippen molar-refractivity contribution in [2.75, 3.05) is 23.4 Å². The number of carbonyl (C=O) groups is 2. The molecule has 304 valence electrons. The molecule has 4 atom stereocenters. The van der Waals surface area contributed by atoms with Crippen molar-refractivity contribution in [2.45, 2.75) is 58.1 Å². The third-order valence-electron chi connectivity index (χ3n) is 12.0. The molecule has 0 unspecified atom stereocenters. The average molecular weight is 807 g/mol. The van der Waals surface area contributed by atoms with Crippen molar-refractivity contribution in [3.8, 4) is 5.75 Å². The fourth-order valence-electron chi connectivity index (χ4n) is 9.15. The number of aliphatic hydroxyl groups excluding tert-OH is 2. The lowest BCUT2D eigenvalue weighted by atomic mass is 9.68. The topological polar surface area (TPSA) is 119 Å². The number of nitrogens with zero attached hydrogens (tertiary/aromatic N) is 1. The van der Waals surface area contributed by atoms with Crippen LogP contribution in [-0.4, -0.2) is 54.8 Å². The Bertz CT molecular complexity index is 2270. The number of carbonyl (C=O) groups excluding carboxylic acids is 2. The predicted molar refractivity (Wildman–Crippen MR) is 238 cm³/mol. The molecule has 1 saturated heterocycles. The first kappa shape index (κ1) is 41.6. The number of aliphatic hydroxyl groups is 2. The van der Waals surface area contributed by atoms with Crippen LogP contribution in [0.5, 0.6) is 5.75 Å². The fourth-order valence-corrected chi connectivity index (χ4v) is 13.7. The standard InChI is InChI=1S/C50H54N2O6Si/c1-34(30-35-16-14-15-23-44(35)54)24-29-45(55)46-36(33-58-59(50(2,3)4,40-19-10-6-11-20-40)41-21-12-7-13-22-41)31-42-47(43(46)32-53)49(57)52(48(42)56)39-27-25-38(26-28-39)51-37-17-8-5-9-18-37/h5-23,25-28,30,42-43,45,47,51,53-55H,24,29,31-33H2,1-4H3/b34-30+/t42-,43+,45-,47-/m1/s1. The molecular weight excluding hydrogens is 753 g/mol. The number of imide groups is 1. The van der Waals surface area contributed by atoms with Crippen LogP contribution >= 0.6 is 0 Å². The fraction of sp³-hybridized carbons (Fsp3) is 0.280. The number of rotatable bonds is 14. The summed E-state index contributed by atoms with van der Waals surface area (Å²) in [6, 6.07) is 44.7. The molecule has 2 aliphatic rings. The number of anilines is 3. The Balaban J connectivity index is 1.25. The molecular formula is C50H54N2O6Si. The number of hydrogen-bond donors (Lipinski definition) is 4. The molecule has 0 spiro atoms. The number of benzene rings is 5. The van der Waals surface area contributed by atoms with Gasteiger partial charge in [0, 0.05) is 22.9 Å². The molecule has 5 aromatic carbocycles. The zero-order valence-corrected chi connectivity index (χ0v) is 35.2. The van der Waals surface area contributed by atoms with Crippen molar-refractivity contribution in [1.29, 1.82) is 0 Å². The molecule has 0 radical (unpaired) electrons. The zero-order valence-electron chi connectivity index (χ0n) is 34.2. The van der Waals surface area contributed by atoms with Gasteiger partial charge in [-0.15, -0.1) is 0 Å². The van der Waals surface area contributed by atoms with Crippen LogP contribution < -0.4 is 20.6 Å². The quantitative estimate of drug-likeness (QED) is 0.0506. The summed E-state index contributed by atoms with van der Waals surface area (Å²) in [5.41, 5.74) is 5.15. The highest BCUT2D eigenvalue weighted by atomic mass is 28.4. The van der Waals surface area contributed by atoms with Gasteiger partial charge in [-0.2, -0.15) is 0 Å². The Kier molecular flexibility index (Phi) is 12.5. The first-order valence-corrected chi connectivity index (χ1v) is 22.3. The van der Waals surface area contributed by atoms with Gasteiger partial charge in [-0.3, -0.25) is 14.5 Å².